The molecule has 25 heavy (non-hydrogen) atoms. The first-order chi connectivity index (χ1) is 12.1. The summed E-state index contributed by atoms with van der Waals surface area (Å²) in [5.74, 6) is -1.29. The molecule has 0 fully saturated rings. The third-order valence-corrected chi connectivity index (χ3v) is 4.14. The largest absolute Gasteiger partial charge is 0.361 e. The Kier molecular flexibility index (Phi) is 5.36. The Balaban J connectivity index is 1.46. The fourth-order valence-corrected chi connectivity index (χ4v) is 2.85. The van der Waals surface area contributed by atoms with Crippen molar-refractivity contribution in [2.45, 2.75) is 13.0 Å². The van der Waals surface area contributed by atoms with Gasteiger partial charge in [0.15, 0.2) is 0 Å². The van der Waals surface area contributed by atoms with Crippen molar-refractivity contribution in [3.05, 3.63) is 70.9 Å². The van der Waals surface area contributed by atoms with Gasteiger partial charge in [-0.2, -0.15) is 0 Å². The Morgan fingerprint density at radius 3 is 2.64 bits per heavy atom. The molecular weight excluding hydrogens is 338 g/mol. The predicted octanol–water partition coefficient (Wildman–Crippen LogP) is 2.80. The van der Waals surface area contributed by atoms with Gasteiger partial charge in [0.25, 0.3) is 0 Å². The third kappa shape index (κ3) is 4.39. The van der Waals surface area contributed by atoms with Gasteiger partial charge in [0.05, 0.1) is 0 Å². The number of hydrogen-bond acceptors (Lipinski definition) is 2. The molecule has 0 aliphatic rings. The SMILES string of the molecule is O=C(NCCc1c[nH]c2ccccc12)C(=O)NCc1cccc(Cl)c1. The number of aromatic nitrogens is 1. The third-order valence-electron chi connectivity index (χ3n) is 3.90. The molecular formula is C19H18ClN3O2. The number of carbonyl (C=O) groups excluding carboxylic acids is 2. The smallest absolute Gasteiger partial charge is 0.309 e. The molecule has 3 rings (SSSR count). The fourth-order valence-electron chi connectivity index (χ4n) is 2.64. The van der Waals surface area contributed by atoms with Crippen molar-refractivity contribution in [3.63, 3.8) is 0 Å². The molecule has 0 radical (unpaired) electrons. The molecule has 2 aromatic carbocycles. The molecule has 3 aromatic rings. The number of para-hydroxylation sites is 1. The van der Waals surface area contributed by atoms with Crippen LogP contribution in [0.15, 0.2) is 54.7 Å². The molecule has 3 N–H and O–H groups in total. The monoisotopic (exact) mass is 355 g/mol. The lowest BCUT2D eigenvalue weighted by molar-refractivity contribution is -0.139. The van der Waals surface area contributed by atoms with E-state index >= 15 is 0 Å². The maximum absolute atomic E-state index is 11.9. The zero-order valence-corrected chi connectivity index (χ0v) is 14.3. The van der Waals surface area contributed by atoms with Gasteiger partial charge in [0.1, 0.15) is 0 Å². The first-order valence-corrected chi connectivity index (χ1v) is 8.37. The maximum Gasteiger partial charge on any atom is 0.309 e. The summed E-state index contributed by atoms with van der Waals surface area (Å²) >= 11 is 5.89. The van der Waals surface area contributed by atoms with Crippen LogP contribution in [0.3, 0.4) is 0 Å². The molecule has 0 aliphatic heterocycles. The first kappa shape index (κ1) is 17.0. The van der Waals surface area contributed by atoms with Crippen molar-refractivity contribution in [2.24, 2.45) is 0 Å². The number of aromatic amines is 1. The molecule has 2 amide bonds. The minimum atomic E-state index is -0.654. The number of hydrogen-bond donors (Lipinski definition) is 3. The van der Waals surface area contributed by atoms with E-state index in [1.807, 2.05) is 36.5 Å². The molecule has 0 atom stereocenters. The summed E-state index contributed by atoms with van der Waals surface area (Å²) in [5, 5.41) is 6.95. The zero-order valence-electron chi connectivity index (χ0n) is 13.5. The van der Waals surface area contributed by atoms with Crippen LogP contribution in [0, 0.1) is 0 Å². The van der Waals surface area contributed by atoms with Crippen LogP contribution in [-0.2, 0) is 22.6 Å². The molecule has 128 valence electrons. The van der Waals surface area contributed by atoms with Crippen molar-refractivity contribution >= 4 is 34.3 Å². The van der Waals surface area contributed by atoms with Crippen molar-refractivity contribution in [3.8, 4) is 0 Å². The topological polar surface area (TPSA) is 74.0 Å². The van der Waals surface area contributed by atoms with Gasteiger partial charge in [0.2, 0.25) is 0 Å². The van der Waals surface area contributed by atoms with Crippen LogP contribution in [0.1, 0.15) is 11.1 Å². The number of carbonyl (C=O) groups is 2. The Hall–Kier alpha value is -2.79. The van der Waals surface area contributed by atoms with Crippen molar-refractivity contribution < 1.29 is 9.59 Å². The molecule has 0 aliphatic carbocycles. The number of amides is 2. The Labute approximate surface area is 150 Å². The molecule has 6 heteroatoms. The van der Waals surface area contributed by atoms with Crippen LogP contribution in [0.2, 0.25) is 5.02 Å². The van der Waals surface area contributed by atoms with E-state index in [4.69, 9.17) is 11.6 Å². The van der Waals surface area contributed by atoms with Gasteiger partial charge >= 0.3 is 11.8 Å². The summed E-state index contributed by atoms with van der Waals surface area (Å²) in [6.45, 7) is 0.653. The lowest BCUT2D eigenvalue weighted by Crippen LogP contribution is -2.40. The molecule has 0 unspecified atom stereocenters. The summed E-state index contributed by atoms with van der Waals surface area (Å²) in [4.78, 5) is 26.9. The number of halogens is 1. The highest BCUT2D eigenvalue weighted by atomic mass is 35.5. The first-order valence-electron chi connectivity index (χ1n) is 7.99. The van der Waals surface area contributed by atoms with E-state index in [1.165, 1.54) is 0 Å². The van der Waals surface area contributed by atoms with Crippen LogP contribution in [-0.4, -0.2) is 23.3 Å². The number of benzene rings is 2. The second-order valence-corrected chi connectivity index (χ2v) is 6.11. The number of fused-ring (bicyclic) bond motifs is 1. The van der Waals surface area contributed by atoms with Crippen LogP contribution in [0.5, 0.6) is 0 Å². The van der Waals surface area contributed by atoms with E-state index in [2.05, 4.69) is 15.6 Å². The van der Waals surface area contributed by atoms with Crippen molar-refractivity contribution in [1.82, 2.24) is 15.6 Å². The van der Waals surface area contributed by atoms with Gasteiger partial charge < -0.3 is 15.6 Å². The second kappa shape index (κ2) is 7.85. The van der Waals surface area contributed by atoms with Gasteiger partial charge in [-0.05, 0) is 35.7 Å². The van der Waals surface area contributed by atoms with Gasteiger partial charge in [-0.1, -0.05) is 41.9 Å². The standard InChI is InChI=1S/C19H18ClN3O2/c20-15-5-3-4-13(10-15)11-23-19(25)18(24)21-9-8-14-12-22-17-7-2-1-6-16(14)17/h1-7,10,12,22H,8-9,11H2,(H,21,24)(H,23,25). The lowest BCUT2D eigenvalue weighted by Gasteiger charge is -2.07. The highest BCUT2D eigenvalue weighted by molar-refractivity contribution is 6.35. The van der Waals surface area contributed by atoms with E-state index in [1.54, 1.807) is 18.2 Å². The van der Waals surface area contributed by atoms with E-state index in [0.29, 0.717) is 18.0 Å². The average molecular weight is 356 g/mol. The number of nitrogens with one attached hydrogen (secondary N) is 3. The Morgan fingerprint density at radius 1 is 1.00 bits per heavy atom. The summed E-state index contributed by atoms with van der Waals surface area (Å²) in [6.07, 6.45) is 2.58. The van der Waals surface area contributed by atoms with Gasteiger partial charge in [-0.15, -0.1) is 0 Å². The summed E-state index contributed by atoms with van der Waals surface area (Å²) < 4.78 is 0. The lowest BCUT2D eigenvalue weighted by atomic mass is 10.1. The van der Waals surface area contributed by atoms with E-state index in [0.717, 1.165) is 22.0 Å². The quantitative estimate of drug-likeness (QED) is 0.616. The molecule has 5 nitrogen and oxygen atoms in total. The maximum atomic E-state index is 11.9. The van der Waals surface area contributed by atoms with Crippen molar-refractivity contribution in [1.29, 1.82) is 0 Å². The van der Waals surface area contributed by atoms with Crippen LogP contribution in [0.4, 0.5) is 0 Å². The normalized spacial score (nSPS) is 10.6. The van der Waals surface area contributed by atoms with Gasteiger partial charge in [0, 0.05) is 35.2 Å². The minimum Gasteiger partial charge on any atom is -0.361 e. The fraction of sp³-hybridized carbons (Fsp3) is 0.158. The zero-order chi connectivity index (χ0) is 17.6. The Bertz CT molecular complexity index is 904. The van der Waals surface area contributed by atoms with E-state index in [9.17, 15) is 9.59 Å². The highest BCUT2D eigenvalue weighted by Crippen LogP contribution is 2.17. The van der Waals surface area contributed by atoms with Gasteiger partial charge in [-0.25, -0.2) is 0 Å². The molecule has 1 heterocycles. The van der Waals surface area contributed by atoms with E-state index in [-0.39, 0.29) is 6.54 Å². The van der Waals surface area contributed by atoms with Crippen LogP contribution in [0.25, 0.3) is 10.9 Å². The van der Waals surface area contributed by atoms with Crippen LogP contribution < -0.4 is 10.6 Å². The highest BCUT2D eigenvalue weighted by Gasteiger charge is 2.12. The van der Waals surface area contributed by atoms with Gasteiger partial charge in [-0.3, -0.25) is 9.59 Å². The second-order valence-electron chi connectivity index (χ2n) is 5.68. The summed E-state index contributed by atoms with van der Waals surface area (Å²) in [7, 11) is 0. The summed E-state index contributed by atoms with van der Waals surface area (Å²) in [6, 6.07) is 15.1. The molecule has 0 bridgehead atoms. The summed E-state index contributed by atoms with van der Waals surface area (Å²) in [5.41, 5.74) is 3.01. The average Bonchev–Trinajstić information content (AvgIpc) is 3.03. The van der Waals surface area contributed by atoms with E-state index < -0.39 is 11.8 Å². The molecule has 0 saturated carbocycles. The number of H-pyrrole nitrogens is 1. The van der Waals surface area contributed by atoms with Crippen LogP contribution >= 0.6 is 11.6 Å². The predicted molar refractivity (Wildman–Crippen MR) is 98.3 cm³/mol. The molecule has 0 saturated heterocycles. The van der Waals surface area contributed by atoms with Crippen molar-refractivity contribution in [2.75, 3.05) is 6.54 Å². The molecule has 1 aromatic heterocycles. The Morgan fingerprint density at radius 2 is 1.80 bits per heavy atom. The minimum absolute atomic E-state index is 0.259. The number of rotatable bonds is 5. The molecule has 0 spiro atoms.